The van der Waals surface area contributed by atoms with Gasteiger partial charge in [-0.15, -0.1) is 38.0 Å². The molecule has 0 saturated carbocycles. The Balaban J connectivity index is 1.17. The molecule has 0 bridgehead atoms. The second-order valence-corrected chi connectivity index (χ2v) is 12.7. The molecule has 2 aliphatic heterocycles. The lowest BCUT2D eigenvalue weighted by Crippen LogP contribution is -2.57. The molecule has 0 amide bonds. The van der Waals surface area contributed by atoms with Crippen molar-refractivity contribution in [3.8, 4) is 16.4 Å². The molecule has 6 atom stereocenters. The van der Waals surface area contributed by atoms with Gasteiger partial charge in [-0.3, -0.25) is 4.57 Å². The summed E-state index contributed by atoms with van der Waals surface area (Å²) in [6.07, 6.45) is -0.469. The normalized spacial score (nSPS) is 25.7. The molecule has 1 N–H and O–H groups in total. The molecular weight excluding hydrogens is 612 g/mol. The number of hydrogen-bond acceptors (Lipinski definition) is 12. The Labute approximate surface area is 257 Å². The Morgan fingerprint density at radius 1 is 1.07 bits per heavy atom. The van der Waals surface area contributed by atoms with E-state index in [9.17, 15) is 5.11 Å². The van der Waals surface area contributed by atoms with E-state index in [1.165, 1.54) is 11.3 Å². The Morgan fingerprint density at radius 3 is 2.79 bits per heavy atom. The predicted molar refractivity (Wildman–Crippen MR) is 158 cm³/mol. The van der Waals surface area contributed by atoms with Gasteiger partial charge < -0.3 is 19.3 Å². The highest BCUT2D eigenvalue weighted by molar-refractivity contribution is 7.18. The van der Waals surface area contributed by atoms with Crippen molar-refractivity contribution in [1.82, 2.24) is 39.7 Å². The summed E-state index contributed by atoms with van der Waals surface area (Å²) in [5.74, 6) is 0.439. The van der Waals surface area contributed by atoms with Gasteiger partial charge in [-0.1, -0.05) is 47.1 Å². The number of aromatic nitrogens is 8. The first-order valence-corrected chi connectivity index (χ1v) is 15.6. The zero-order valence-corrected chi connectivity index (χ0v) is 24.9. The summed E-state index contributed by atoms with van der Waals surface area (Å²) in [5, 5.41) is 33.1. The number of aryl methyl sites for hydroxylation is 1. The van der Waals surface area contributed by atoms with E-state index in [2.05, 4.69) is 30.5 Å². The van der Waals surface area contributed by atoms with E-state index >= 15 is 0 Å². The van der Waals surface area contributed by atoms with Crippen LogP contribution in [0.2, 0.25) is 5.15 Å². The maximum absolute atomic E-state index is 12.0. The molecule has 15 heteroatoms. The van der Waals surface area contributed by atoms with Crippen LogP contribution >= 0.6 is 34.3 Å². The number of nitrogens with zero attached hydrogens (tertiary/aromatic N) is 8. The number of halogens is 1. The zero-order valence-electron chi connectivity index (χ0n) is 22.5. The molecular formula is C28H23ClN8O4S2. The Bertz CT molecular complexity index is 1910. The molecule has 6 aromatic rings. The number of aliphatic hydroxyl groups excluding tert-OH is 1. The minimum Gasteiger partial charge on any atom is -0.388 e. The molecule has 2 saturated heterocycles. The van der Waals surface area contributed by atoms with E-state index in [0.29, 0.717) is 21.7 Å². The van der Waals surface area contributed by atoms with Gasteiger partial charge in [0.25, 0.3) is 0 Å². The third-order valence-corrected chi connectivity index (χ3v) is 9.67. The molecule has 0 aliphatic carbocycles. The largest absolute Gasteiger partial charge is 0.388 e. The fourth-order valence-electron chi connectivity index (χ4n) is 5.62. The second-order valence-electron chi connectivity index (χ2n) is 10.3. The molecule has 8 rings (SSSR count). The summed E-state index contributed by atoms with van der Waals surface area (Å²) < 4.78 is 23.6. The monoisotopic (exact) mass is 634 g/mol. The first-order chi connectivity index (χ1) is 21.0. The highest BCUT2D eigenvalue weighted by atomic mass is 35.5. The number of fused-ring (bicyclic) bond motifs is 2. The minimum absolute atomic E-state index is 0.230. The summed E-state index contributed by atoms with van der Waals surface area (Å²) in [7, 11) is 0. The summed E-state index contributed by atoms with van der Waals surface area (Å²) in [4.78, 5) is 8.88. The van der Waals surface area contributed by atoms with Gasteiger partial charge in [0.15, 0.2) is 12.1 Å². The number of hydrogen-bond donors (Lipinski definition) is 1. The SMILES string of the molecule is Cc1nc2ccc(-n3cnnc3[C@@H]3OC4COC(c5ccccc5)O[C@@H]4C(n4cc(-c5nc(Cl)cs5)nn4)C3O)cc2s1. The smallest absolute Gasteiger partial charge is 0.184 e. The minimum atomic E-state index is -1.14. The molecule has 6 heterocycles. The number of benzene rings is 2. The molecule has 4 unspecified atom stereocenters. The molecule has 218 valence electrons. The summed E-state index contributed by atoms with van der Waals surface area (Å²) in [6.45, 7) is 2.21. The van der Waals surface area contributed by atoms with Gasteiger partial charge in [-0.2, -0.15) is 0 Å². The predicted octanol–water partition coefficient (Wildman–Crippen LogP) is 4.71. The van der Waals surface area contributed by atoms with Crippen molar-refractivity contribution in [3.63, 3.8) is 0 Å². The van der Waals surface area contributed by atoms with Crippen molar-refractivity contribution in [2.24, 2.45) is 0 Å². The molecule has 4 aromatic heterocycles. The lowest BCUT2D eigenvalue weighted by Gasteiger charge is -2.47. The Hall–Kier alpha value is -3.63. The van der Waals surface area contributed by atoms with Crippen molar-refractivity contribution in [2.45, 2.75) is 43.7 Å². The van der Waals surface area contributed by atoms with Crippen LogP contribution in [0.3, 0.4) is 0 Å². The molecule has 2 aliphatic rings. The number of aliphatic hydroxyl groups is 1. The van der Waals surface area contributed by atoms with E-state index in [4.69, 9.17) is 25.8 Å². The van der Waals surface area contributed by atoms with Crippen LogP contribution in [0.1, 0.15) is 34.8 Å². The first-order valence-electron chi connectivity index (χ1n) is 13.5. The van der Waals surface area contributed by atoms with Crippen LogP contribution in [-0.4, -0.2) is 69.8 Å². The van der Waals surface area contributed by atoms with E-state index in [1.54, 1.807) is 33.9 Å². The van der Waals surface area contributed by atoms with Crippen molar-refractivity contribution < 1.29 is 19.3 Å². The lowest BCUT2D eigenvalue weighted by atomic mass is 9.91. The molecule has 2 aromatic carbocycles. The van der Waals surface area contributed by atoms with Crippen LogP contribution in [0.5, 0.6) is 0 Å². The number of thiazole rings is 2. The van der Waals surface area contributed by atoms with E-state index in [-0.39, 0.29) is 6.61 Å². The van der Waals surface area contributed by atoms with Gasteiger partial charge in [0.1, 0.15) is 52.6 Å². The van der Waals surface area contributed by atoms with Gasteiger partial charge in [0.05, 0.1) is 28.0 Å². The van der Waals surface area contributed by atoms with Gasteiger partial charge in [-0.25, -0.2) is 14.6 Å². The standard InChI is InChI=1S/C28H23ClN8O4S2/c1-14-31-17-8-7-16(9-20(17)43-14)36-13-30-34-26(36)25-23(38)22(37-10-18(33-35-37)27-32-21(29)12-42-27)24-19(40-25)11-39-28(41-24)15-5-3-2-4-6-15/h2-10,12-13,19,22-25,28,38H,11H2,1H3/t19?,22?,23?,24-,25+,28?/m0/s1. The average molecular weight is 635 g/mol. The fraction of sp³-hybridized carbons (Fsp3) is 0.286. The van der Waals surface area contributed by atoms with Crippen LogP contribution in [0.25, 0.3) is 26.6 Å². The zero-order chi connectivity index (χ0) is 29.1. The van der Waals surface area contributed by atoms with Gasteiger partial charge >= 0.3 is 0 Å². The van der Waals surface area contributed by atoms with E-state index in [1.807, 2.05) is 60.0 Å². The third kappa shape index (κ3) is 4.84. The van der Waals surface area contributed by atoms with Crippen LogP contribution in [0.4, 0.5) is 0 Å². The van der Waals surface area contributed by atoms with Crippen LogP contribution in [-0.2, 0) is 14.2 Å². The van der Waals surface area contributed by atoms with Crippen LogP contribution in [0.15, 0.2) is 66.4 Å². The quantitative estimate of drug-likeness (QED) is 0.284. The van der Waals surface area contributed by atoms with Gasteiger partial charge in [0.2, 0.25) is 0 Å². The highest BCUT2D eigenvalue weighted by Gasteiger charge is 2.52. The fourth-order valence-corrected chi connectivity index (χ4v) is 7.37. The molecule has 0 radical (unpaired) electrons. The van der Waals surface area contributed by atoms with Crippen molar-refractivity contribution >= 4 is 44.5 Å². The Morgan fingerprint density at radius 2 is 1.95 bits per heavy atom. The second kappa shape index (κ2) is 10.8. The van der Waals surface area contributed by atoms with Crippen molar-refractivity contribution in [3.05, 3.63) is 88.0 Å². The Kier molecular flexibility index (Phi) is 6.78. The van der Waals surface area contributed by atoms with Crippen LogP contribution in [0, 0.1) is 6.92 Å². The van der Waals surface area contributed by atoms with E-state index < -0.39 is 36.7 Å². The maximum Gasteiger partial charge on any atom is 0.184 e. The number of rotatable bonds is 5. The molecule has 2 fully saturated rings. The molecule has 12 nitrogen and oxygen atoms in total. The van der Waals surface area contributed by atoms with E-state index in [0.717, 1.165) is 26.5 Å². The van der Waals surface area contributed by atoms with Crippen molar-refractivity contribution in [2.75, 3.05) is 6.61 Å². The number of ether oxygens (including phenoxy) is 3. The molecule has 43 heavy (non-hydrogen) atoms. The maximum atomic E-state index is 12.0. The third-order valence-electron chi connectivity index (χ3n) is 7.55. The topological polar surface area (TPSA) is 135 Å². The summed E-state index contributed by atoms with van der Waals surface area (Å²) in [5.41, 5.74) is 3.15. The highest BCUT2D eigenvalue weighted by Crippen LogP contribution is 2.44. The van der Waals surface area contributed by atoms with Gasteiger partial charge in [-0.05, 0) is 25.1 Å². The van der Waals surface area contributed by atoms with Crippen LogP contribution < -0.4 is 0 Å². The lowest BCUT2D eigenvalue weighted by molar-refractivity contribution is -0.319. The van der Waals surface area contributed by atoms with Gasteiger partial charge in [0, 0.05) is 16.6 Å². The summed E-state index contributed by atoms with van der Waals surface area (Å²) >= 11 is 9.04. The van der Waals surface area contributed by atoms with Crippen molar-refractivity contribution in [1.29, 1.82) is 0 Å². The first kappa shape index (κ1) is 27.0. The summed E-state index contributed by atoms with van der Waals surface area (Å²) in [6, 6.07) is 14.9. The molecule has 0 spiro atoms. The average Bonchev–Trinajstić information content (AvgIpc) is 3.83.